The number of nitrogens with zero attached hydrogens (tertiary/aromatic N) is 1. The predicted octanol–water partition coefficient (Wildman–Crippen LogP) is 1.47. The number of rotatable bonds is 3. The molecule has 0 atom stereocenters. The van der Waals surface area contributed by atoms with Gasteiger partial charge in [0.25, 0.3) is 0 Å². The Morgan fingerprint density at radius 1 is 1.32 bits per heavy atom. The second-order valence-corrected chi connectivity index (χ2v) is 6.23. The molecule has 1 aliphatic heterocycles. The molecule has 4 nitrogen and oxygen atoms in total. The van der Waals surface area contributed by atoms with Crippen LogP contribution in [0.25, 0.3) is 0 Å². The first-order valence-corrected chi connectivity index (χ1v) is 7.81. The summed E-state index contributed by atoms with van der Waals surface area (Å²) >= 11 is 0. The number of carbonyl (C=O) groups is 2. The fraction of sp³-hybridized carbons (Fsp3) is 0.429. The van der Waals surface area contributed by atoms with Crippen LogP contribution in [0.2, 0.25) is 0 Å². The van der Waals surface area contributed by atoms with Gasteiger partial charge in [0.2, 0.25) is 5.91 Å². The van der Waals surface area contributed by atoms with Gasteiger partial charge >= 0.3 is 15.9 Å². The summed E-state index contributed by atoms with van der Waals surface area (Å²) in [7, 11) is -1.27. The number of hydrogen-bond donors (Lipinski definition) is 0. The lowest BCUT2D eigenvalue weighted by molar-refractivity contribution is -0.128. The minimum Gasteiger partial charge on any atom is -0.501 e. The summed E-state index contributed by atoms with van der Waals surface area (Å²) < 4.78 is 7.12. The molecule has 0 spiro atoms. The lowest BCUT2D eigenvalue weighted by Crippen LogP contribution is -2.40. The van der Waals surface area contributed by atoms with Crippen LogP contribution in [0.1, 0.15) is 40.7 Å². The van der Waals surface area contributed by atoms with E-state index in [1.807, 2.05) is 26.0 Å². The highest BCUT2D eigenvalue weighted by molar-refractivity contribution is 6.33. The molecule has 19 heavy (non-hydrogen) atoms. The van der Waals surface area contributed by atoms with Crippen LogP contribution in [-0.2, 0) is 9.22 Å². The van der Waals surface area contributed by atoms with Gasteiger partial charge in [0.1, 0.15) is 0 Å². The summed E-state index contributed by atoms with van der Waals surface area (Å²) in [6.07, 6.45) is 2.56. The predicted molar refractivity (Wildman–Crippen MR) is 75.4 cm³/mol. The molecule has 0 aromatic heterocycles. The van der Waals surface area contributed by atoms with Gasteiger partial charge in [-0.3, -0.25) is 4.79 Å². The van der Waals surface area contributed by atoms with Crippen molar-refractivity contribution in [1.82, 2.24) is 4.57 Å². The summed E-state index contributed by atoms with van der Waals surface area (Å²) in [5.74, 6) is -0.169. The van der Waals surface area contributed by atoms with Crippen molar-refractivity contribution in [2.75, 3.05) is 6.54 Å². The van der Waals surface area contributed by atoms with Crippen molar-refractivity contribution in [3.8, 4) is 0 Å². The van der Waals surface area contributed by atoms with Gasteiger partial charge in [-0.15, -0.1) is 0 Å². The molecule has 2 rings (SSSR count). The minimum absolute atomic E-state index is 0.131. The number of hydrogen-bond acceptors (Lipinski definition) is 3. The molecule has 1 heterocycles. The van der Waals surface area contributed by atoms with Crippen molar-refractivity contribution < 1.29 is 14.0 Å². The molecular weight excluding hydrogens is 258 g/mol. The molecule has 1 saturated heterocycles. The largest absolute Gasteiger partial charge is 0.501 e. The molecule has 0 unspecified atom stereocenters. The molecule has 0 radical (unpaired) electrons. The van der Waals surface area contributed by atoms with E-state index in [1.165, 1.54) is 0 Å². The van der Waals surface area contributed by atoms with Crippen LogP contribution in [0.5, 0.6) is 0 Å². The number of carbonyl (C=O) groups excluding carboxylic acids is 2. The van der Waals surface area contributed by atoms with E-state index in [0.29, 0.717) is 12.0 Å². The Bertz CT molecular complexity index is 501. The van der Waals surface area contributed by atoms with Crippen LogP contribution in [0.3, 0.4) is 0 Å². The Balaban J connectivity index is 1.97. The quantitative estimate of drug-likeness (QED) is 0.786. The van der Waals surface area contributed by atoms with Crippen molar-refractivity contribution in [3.63, 3.8) is 0 Å². The SMILES string of the molecule is Cc1cccc(C(=O)O[SiH2]N2CCCCC2=O)c1C. The summed E-state index contributed by atoms with van der Waals surface area (Å²) in [5, 5.41) is 0. The van der Waals surface area contributed by atoms with Gasteiger partial charge in [0.05, 0.1) is 5.56 Å². The molecule has 1 aromatic rings. The van der Waals surface area contributed by atoms with E-state index in [1.54, 1.807) is 10.6 Å². The number of benzene rings is 1. The Morgan fingerprint density at radius 3 is 2.84 bits per heavy atom. The molecule has 0 N–H and O–H groups in total. The van der Waals surface area contributed by atoms with Gasteiger partial charge in [0.15, 0.2) is 0 Å². The average Bonchev–Trinajstić information content (AvgIpc) is 2.40. The smallest absolute Gasteiger partial charge is 0.334 e. The van der Waals surface area contributed by atoms with Crippen molar-refractivity contribution in [3.05, 3.63) is 34.9 Å². The molecule has 0 saturated carbocycles. The summed E-state index contributed by atoms with van der Waals surface area (Å²) in [6, 6.07) is 5.60. The van der Waals surface area contributed by atoms with Crippen LogP contribution in [0.4, 0.5) is 0 Å². The normalized spacial score (nSPS) is 16.1. The van der Waals surface area contributed by atoms with Crippen molar-refractivity contribution in [2.45, 2.75) is 33.1 Å². The van der Waals surface area contributed by atoms with E-state index in [9.17, 15) is 9.59 Å². The fourth-order valence-corrected chi connectivity index (χ4v) is 3.27. The zero-order chi connectivity index (χ0) is 13.8. The Morgan fingerprint density at radius 2 is 2.11 bits per heavy atom. The highest BCUT2D eigenvalue weighted by Gasteiger charge is 2.20. The maximum absolute atomic E-state index is 12.0. The van der Waals surface area contributed by atoms with Crippen molar-refractivity contribution in [2.24, 2.45) is 0 Å². The molecule has 0 bridgehead atoms. The topological polar surface area (TPSA) is 46.6 Å². The number of aryl methyl sites for hydroxylation is 1. The van der Waals surface area contributed by atoms with E-state index >= 15 is 0 Å². The molecular formula is C14H19NO3Si. The van der Waals surface area contributed by atoms with Gasteiger partial charge in [-0.2, -0.15) is 0 Å². The highest BCUT2D eigenvalue weighted by Crippen LogP contribution is 2.14. The maximum atomic E-state index is 12.0. The second-order valence-electron chi connectivity index (χ2n) is 4.92. The van der Waals surface area contributed by atoms with Gasteiger partial charge in [-0.1, -0.05) is 12.1 Å². The maximum Gasteiger partial charge on any atom is 0.334 e. The van der Waals surface area contributed by atoms with E-state index in [2.05, 4.69) is 0 Å². The van der Waals surface area contributed by atoms with Gasteiger partial charge in [-0.05, 0) is 43.9 Å². The zero-order valence-corrected chi connectivity index (χ0v) is 12.9. The Labute approximate surface area is 115 Å². The average molecular weight is 277 g/mol. The monoisotopic (exact) mass is 277 g/mol. The summed E-state index contributed by atoms with van der Waals surface area (Å²) in [5.41, 5.74) is 2.63. The van der Waals surface area contributed by atoms with E-state index in [4.69, 9.17) is 4.43 Å². The van der Waals surface area contributed by atoms with Crippen molar-refractivity contribution in [1.29, 1.82) is 0 Å². The molecule has 1 fully saturated rings. The second kappa shape index (κ2) is 6.01. The van der Waals surface area contributed by atoms with Gasteiger partial charge in [0, 0.05) is 13.0 Å². The van der Waals surface area contributed by atoms with Crippen LogP contribution >= 0.6 is 0 Å². The van der Waals surface area contributed by atoms with Gasteiger partial charge < -0.3 is 8.99 Å². The van der Waals surface area contributed by atoms with Crippen LogP contribution in [0.15, 0.2) is 18.2 Å². The zero-order valence-electron chi connectivity index (χ0n) is 11.4. The molecule has 102 valence electrons. The van der Waals surface area contributed by atoms with Crippen molar-refractivity contribution >= 4 is 21.8 Å². The highest BCUT2D eigenvalue weighted by atomic mass is 28.2. The summed E-state index contributed by atoms with van der Waals surface area (Å²) in [4.78, 5) is 23.7. The van der Waals surface area contributed by atoms with E-state index in [-0.39, 0.29) is 11.9 Å². The number of amides is 1. The third-order valence-corrected chi connectivity index (χ3v) is 4.97. The fourth-order valence-electron chi connectivity index (χ4n) is 2.18. The summed E-state index contributed by atoms with van der Waals surface area (Å²) in [6.45, 7) is 4.63. The van der Waals surface area contributed by atoms with Crippen LogP contribution < -0.4 is 0 Å². The lowest BCUT2D eigenvalue weighted by Gasteiger charge is -2.26. The van der Waals surface area contributed by atoms with E-state index in [0.717, 1.165) is 30.5 Å². The molecule has 1 aliphatic rings. The molecule has 5 heteroatoms. The third-order valence-electron chi connectivity index (χ3n) is 3.60. The minimum atomic E-state index is -1.27. The van der Waals surface area contributed by atoms with Crippen LogP contribution in [-0.4, -0.2) is 32.9 Å². The Kier molecular flexibility index (Phi) is 4.37. The first-order valence-electron chi connectivity index (χ1n) is 6.60. The standard InChI is InChI=1S/C14H19NO3Si/c1-10-6-5-7-12(11(10)2)14(17)18-19-15-9-4-3-8-13(15)16/h5-7H,3-4,8-9,19H2,1-2H3. The molecule has 0 aliphatic carbocycles. The number of piperidine rings is 1. The Hall–Kier alpha value is -1.62. The van der Waals surface area contributed by atoms with E-state index < -0.39 is 9.92 Å². The first-order chi connectivity index (χ1) is 9.09. The van der Waals surface area contributed by atoms with Gasteiger partial charge in [-0.25, -0.2) is 4.79 Å². The van der Waals surface area contributed by atoms with Crippen LogP contribution in [0, 0.1) is 13.8 Å². The molecule has 1 amide bonds. The first kappa shape index (κ1) is 13.8. The third kappa shape index (κ3) is 3.23. The molecule has 1 aromatic carbocycles. The lowest BCUT2D eigenvalue weighted by atomic mass is 10.0.